The predicted molar refractivity (Wildman–Crippen MR) is 79.0 cm³/mol. The van der Waals surface area contributed by atoms with Crippen molar-refractivity contribution in [2.45, 2.75) is 18.7 Å². The number of fused-ring (bicyclic) bond motifs is 1. The fourth-order valence-electron chi connectivity index (χ4n) is 2.23. The standard InChI is InChI=1S/C15H10F5NO3.ClH/c16-14(17,18)22-10-4-1-8(2-5-10)13(21)9-3-6-11-12(7-9)24-15(19,20)23-11;/h1-7,13H,21H2;1H/t13-;/m0./s1. The van der Waals surface area contributed by atoms with E-state index in [0.717, 1.165) is 12.1 Å². The Morgan fingerprint density at radius 3 is 2.08 bits per heavy atom. The first-order valence-corrected chi connectivity index (χ1v) is 6.64. The van der Waals surface area contributed by atoms with Crippen molar-refractivity contribution < 1.29 is 36.2 Å². The number of hydrogen-bond acceptors (Lipinski definition) is 4. The maximum atomic E-state index is 13.0. The smallest absolute Gasteiger partial charge is 0.406 e. The fraction of sp³-hybridized carbons (Fsp3) is 0.200. The van der Waals surface area contributed by atoms with Gasteiger partial charge in [0, 0.05) is 0 Å². The molecule has 3 rings (SSSR count). The van der Waals surface area contributed by atoms with Crippen LogP contribution in [0.2, 0.25) is 0 Å². The first kappa shape index (κ1) is 19.1. The van der Waals surface area contributed by atoms with Gasteiger partial charge < -0.3 is 19.9 Å². The summed E-state index contributed by atoms with van der Waals surface area (Å²) in [5.74, 6) is -0.668. The second-order valence-corrected chi connectivity index (χ2v) is 4.97. The van der Waals surface area contributed by atoms with Gasteiger partial charge in [0.2, 0.25) is 0 Å². The van der Waals surface area contributed by atoms with Crippen LogP contribution in [0.15, 0.2) is 42.5 Å². The molecule has 4 nitrogen and oxygen atoms in total. The van der Waals surface area contributed by atoms with Crippen molar-refractivity contribution in [1.29, 1.82) is 0 Å². The molecule has 25 heavy (non-hydrogen) atoms. The number of nitrogens with two attached hydrogens (primary N) is 1. The molecule has 136 valence electrons. The van der Waals surface area contributed by atoms with Gasteiger partial charge in [0.1, 0.15) is 5.75 Å². The first-order valence-electron chi connectivity index (χ1n) is 6.64. The Bertz CT molecular complexity index is 752. The summed E-state index contributed by atoms with van der Waals surface area (Å²) in [6.45, 7) is 0. The van der Waals surface area contributed by atoms with Crippen LogP contribution in [-0.4, -0.2) is 12.7 Å². The summed E-state index contributed by atoms with van der Waals surface area (Å²) in [7, 11) is 0. The maximum Gasteiger partial charge on any atom is 0.586 e. The highest BCUT2D eigenvalue weighted by Crippen LogP contribution is 2.42. The van der Waals surface area contributed by atoms with Gasteiger partial charge in [-0.1, -0.05) is 18.2 Å². The normalized spacial score (nSPS) is 16.1. The minimum atomic E-state index is -4.79. The highest BCUT2D eigenvalue weighted by Gasteiger charge is 2.43. The van der Waals surface area contributed by atoms with E-state index < -0.39 is 18.7 Å². The van der Waals surface area contributed by atoms with Gasteiger partial charge in [-0.05, 0) is 35.4 Å². The molecule has 0 fully saturated rings. The van der Waals surface area contributed by atoms with E-state index in [1.165, 1.54) is 30.3 Å². The van der Waals surface area contributed by atoms with E-state index in [4.69, 9.17) is 5.73 Å². The molecular formula is C15H11ClF5NO3. The monoisotopic (exact) mass is 383 g/mol. The summed E-state index contributed by atoms with van der Waals surface area (Å²) in [6.07, 6.45) is -8.52. The first-order chi connectivity index (χ1) is 11.1. The lowest BCUT2D eigenvalue weighted by molar-refractivity contribution is -0.286. The molecule has 0 unspecified atom stereocenters. The molecule has 2 N–H and O–H groups in total. The number of halogens is 6. The average molecular weight is 384 g/mol. The van der Waals surface area contributed by atoms with Crippen LogP contribution in [-0.2, 0) is 0 Å². The summed E-state index contributed by atoms with van der Waals surface area (Å²) < 4.78 is 74.7. The summed E-state index contributed by atoms with van der Waals surface area (Å²) in [5.41, 5.74) is 6.91. The van der Waals surface area contributed by atoms with Crippen molar-refractivity contribution in [3.8, 4) is 17.2 Å². The molecule has 10 heteroatoms. The molecule has 0 bridgehead atoms. The summed E-state index contributed by atoms with van der Waals surface area (Å²) in [5, 5.41) is 0. The Hall–Kier alpha value is -2.26. The Morgan fingerprint density at radius 2 is 1.48 bits per heavy atom. The van der Waals surface area contributed by atoms with Gasteiger partial charge in [0.25, 0.3) is 0 Å². The highest BCUT2D eigenvalue weighted by atomic mass is 35.5. The van der Waals surface area contributed by atoms with Crippen LogP contribution >= 0.6 is 12.4 Å². The fourth-order valence-corrected chi connectivity index (χ4v) is 2.23. The molecule has 0 amide bonds. The number of ether oxygens (including phenoxy) is 3. The predicted octanol–water partition coefficient (Wildman–Crippen LogP) is 4.38. The molecule has 1 atom stereocenters. The Morgan fingerprint density at radius 1 is 0.920 bits per heavy atom. The van der Waals surface area contributed by atoms with Gasteiger partial charge in [0.05, 0.1) is 6.04 Å². The van der Waals surface area contributed by atoms with Crippen molar-refractivity contribution in [2.24, 2.45) is 5.73 Å². The molecule has 2 aromatic carbocycles. The number of alkyl halides is 5. The van der Waals surface area contributed by atoms with E-state index in [2.05, 4.69) is 14.2 Å². The number of rotatable bonds is 3. The van der Waals surface area contributed by atoms with E-state index in [1.54, 1.807) is 0 Å². The largest absolute Gasteiger partial charge is 0.586 e. The van der Waals surface area contributed by atoms with Crippen LogP contribution in [0, 0.1) is 0 Å². The molecular weight excluding hydrogens is 373 g/mol. The lowest BCUT2D eigenvalue weighted by Crippen LogP contribution is -2.25. The Balaban J connectivity index is 0.00000225. The van der Waals surface area contributed by atoms with Crippen LogP contribution in [0.4, 0.5) is 22.0 Å². The molecule has 0 saturated heterocycles. The van der Waals surface area contributed by atoms with Gasteiger partial charge in [-0.3, -0.25) is 0 Å². The number of hydrogen-bond donors (Lipinski definition) is 1. The second kappa shape index (κ2) is 6.57. The minimum Gasteiger partial charge on any atom is -0.406 e. The van der Waals surface area contributed by atoms with E-state index in [0.29, 0.717) is 11.1 Å². The van der Waals surface area contributed by atoms with E-state index >= 15 is 0 Å². The van der Waals surface area contributed by atoms with Gasteiger partial charge in [-0.25, -0.2) is 0 Å². The van der Waals surface area contributed by atoms with Crippen LogP contribution < -0.4 is 19.9 Å². The molecule has 2 aromatic rings. The van der Waals surface area contributed by atoms with Gasteiger partial charge in [-0.15, -0.1) is 34.4 Å². The van der Waals surface area contributed by atoms with Crippen LogP contribution in [0.5, 0.6) is 17.2 Å². The van der Waals surface area contributed by atoms with Crippen molar-refractivity contribution in [2.75, 3.05) is 0 Å². The van der Waals surface area contributed by atoms with Crippen LogP contribution in [0.25, 0.3) is 0 Å². The highest BCUT2D eigenvalue weighted by molar-refractivity contribution is 5.85. The number of benzene rings is 2. The third kappa shape index (κ3) is 4.43. The molecule has 0 spiro atoms. The molecule has 0 saturated carbocycles. The summed E-state index contributed by atoms with van der Waals surface area (Å²) >= 11 is 0. The van der Waals surface area contributed by atoms with Crippen molar-refractivity contribution in [1.82, 2.24) is 0 Å². The van der Waals surface area contributed by atoms with Gasteiger partial charge in [0.15, 0.2) is 11.5 Å². The topological polar surface area (TPSA) is 53.7 Å². The van der Waals surface area contributed by atoms with Crippen molar-refractivity contribution >= 4 is 12.4 Å². The van der Waals surface area contributed by atoms with Crippen molar-refractivity contribution in [3.63, 3.8) is 0 Å². The average Bonchev–Trinajstić information content (AvgIpc) is 2.78. The van der Waals surface area contributed by atoms with Crippen LogP contribution in [0.1, 0.15) is 17.2 Å². The zero-order valence-corrected chi connectivity index (χ0v) is 13.0. The third-order valence-corrected chi connectivity index (χ3v) is 3.26. The second-order valence-electron chi connectivity index (χ2n) is 4.97. The van der Waals surface area contributed by atoms with Gasteiger partial charge >= 0.3 is 12.7 Å². The lowest BCUT2D eigenvalue weighted by Gasteiger charge is -2.14. The third-order valence-electron chi connectivity index (χ3n) is 3.26. The molecule has 1 aliphatic heterocycles. The molecule has 1 heterocycles. The molecule has 0 radical (unpaired) electrons. The van der Waals surface area contributed by atoms with Crippen molar-refractivity contribution in [3.05, 3.63) is 53.6 Å². The van der Waals surface area contributed by atoms with Gasteiger partial charge in [-0.2, -0.15) is 0 Å². The molecule has 0 aromatic heterocycles. The lowest BCUT2D eigenvalue weighted by atomic mass is 9.99. The Kier molecular flexibility index (Phi) is 5.01. The zero-order valence-electron chi connectivity index (χ0n) is 12.2. The van der Waals surface area contributed by atoms with E-state index in [-0.39, 0.29) is 29.7 Å². The molecule has 1 aliphatic rings. The summed E-state index contributed by atoms with van der Waals surface area (Å²) in [6, 6.07) is 8.22. The quantitative estimate of drug-likeness (QED) is 0.799. The maximum absolute atomic E-state index is 13.0. The van der Waals surface area contributed by atoms with E-state index in [9.17, 15) is 22.0 Å². The minimum absolute atomic E-state index is 0. The zero-order chi connectivity index (χ0) is 17.5. The van der Waals surface area contributed by atoms with Crippen LogP contribution in [0.3, 0.4) is 0 Å². The SMILES string of the molecule is Cl.N[C@@H](c1ccc(OC(F)(F)F)cc1)c1ccc2c(c1)OC(F)(F)O2. The molecule has 0 aliphatic carbocycles. The summed E-state index contributed by atoms with van der Waals surface area (Å²) in [4.78, 5) is 0. The Labute approximate surface area is 144 Å². The van der Waals surface area contributed by atoms with E-state index in [1.807, 2.05) is 0 Å².